The third-order valence-electron chi connectivity index (χ3n) is 3.01. The van der Waals surface area contributed by atoms with E-state index < -0.39 is 23.9 Å². The van der Waals surface area contributed by atoms with Gasteiger partial charge in [0, 0.05) is 13.0 Å². The molecule has 1 aromatic carbocycles. The number of carbonyl (C=O) groups is 1. The van der Waals surface area contributed by atoms with Gasteiger partial charge in [0.25, 0.3) is 0 Å². The first-order valence-electron chi connectivity index (χ1n) is 6.40. The van der Waals surface area contributed by atoms with E-state index in [1.54, 1.807) is 0 Å². The number of rotatable bonds is 5. The normalized spacial score (nSPS) is 22.5. The zero-order chi connectivity index (χ0) is 14.8. The van der Waals surface area contributed by atoms with Crippen molar-refractivity contribution in [3.63, 3.8) is 0 Å². The second-order valence-electron chi connectivity index (χ2n) is 4.64. The number of benzene rings is 1. The van der Waals surface area contributed by atoms with Crippen LogP contribution in [-0.4, -0.2) is 24.6 Å². The fraction of sp³-hybridized carbons (Fsp3) is 0.500. The molecule has 0 aliphatic heterocycles. The van der Waals surface area contributed by atoms with Crippen molar-refractivity contribution in [3.8, 4) is 5.75 Å². The monoisotopic (exact) mass is 288 g/mol. The summed E-state index contributed by atoms with van der Waals surface area (Å²) >= 11 is 0. The highest BCUT2D eigenvalue weighted by molar-refractivity contribution is 5.90. The molecule has 1 aromatic rings. The summed E-state index contributed by atoms with van der Waals surface area (Å²) in [5.74, 6) is 0.0258. The van der Waals surface area contributed by atoms with Gasteiger partial charge >= 0.3 is 6.18 Å². The molecule has 110 valence electrons. The Labute approximate surface area is 114 Å². The van der Waals surface area contributed by atoms with Gasteiger partial charge in [0.2, 0.25) is 0 Å². The topological polar surface area (TPSA) is 35.5 Å². The summed E-state index contributed by atoms with van der Waals surface area (Å²) in [7, 11) is 0. The lowest BCUT2D eigenvalue weighted by Gasteiger charge is -2.34. The molecule has 2 atom stereocenters. The Morgan fingerprint density at radius 2 is 2.10 bits per heavy atom. The van der Waals surface area contributed by atoms with Crippen LogP contribution in [0.1, 0.15) is 25.3 Å². The molecule has 0 bridgehead atoms. The maximum absolute atomic E-state index is 12.6. The average molecular weight is 288 g/mol. The maximum Gasteiger partial charge on any atom is 0.416 e. The van der Waals surface area contributed by atoms with Gasteiger partial charge in [0.15, 0.2) is 11.9 Å². The van der Waals surface area contributed by atoms with E-state index in [9.17, 15) is 18.0 Å². The van der Waals surface area contributed by atoms with Crippen LogP contribution >= 0.6 is 0 Å². The fourth-order valence-electron chi connectivity index (χ4n) is 1.94. The van der Waals surface area contributed by atoms with Crippen molar-refractivity contribution in [2.45, 2.75) is 38.1 Å². The predicted molar refractivity (Wildman–Crippen MR) is 65.5 cm³/mol. The second kappa shape index (κ2) is 5.83. The standard InChI is InChI=1S/C14H15F3O3/c1-2-6-19-13-11(18)8-12(13)20-10-5-3-4-9(7-10)14(15,16)17/h3-5,7,12-13H,2,6,8H2,1H3. The summed E-state index contributed by atoms with van der Waals surface area (Å²) < 4.78 is 48.5. The SMILES string of the molecule is CCCOC1C(=O)CC1Oc1cccc(C(F)(F)F)c1. The first-order chi connectivity index (χ1) is 9.41. The molecule has 0 saturated heterocycles. The summed E-state index contributed by atoms with van der Waals surface area (Å²) in [6, 6.07) is 4.62. The third kappa shape index (κ3) is 3.30. The van der Waals surface area contributed by atoms with Gasteiger partial charge in [-0.3, -0.25) is 4.79 Å². The highest BCUT2D eigenvalue weighted by Gasteiger charge is 2.42. The van der Waals surface area contributed by atoms with E-state index in [1.807, 2.05) is 6.92 Å². The molecular formula is C14H15F3O3. The number of ketones is 1. The first-order valence-corrected chi connectivity index (χ1v) is 6.40. The van der Waals surface area contributed by atoms with Crippen molar-refractivity contribution in [1.29, 1.82) is 0 Å². The second-order valence-corrected chi connectivity index (χ2v) is 4.64. The lowest BCUT2D eigenvalue weighted by molar-refractivity contribution is -0.155. The number of carbonyl (C=O) groups excluding carboxylic acids is 1. The molecule has 0 amide bonds. The quantitative estimate of drug-likeness (QED) is 0.834. The largest absolute Gasteiger partial charge is 0.487 e. The van der Waals surface area contributed by atoms with Crippen LogP contribution in [0.15, 0.2) is 24.3 Å². The average Bonchev–Trinajstić information content (AvgIpc) is 2.38. The number of hydrogen-bond acceptors (Lipinski definition) is 3. The van der Waals surface area contributed by atoms with Gasteiger partial charge in [0.05, 0.1) is 5.56 Å². The van der Waals surface area contributed by atoms with Crippen molar-refractivity contribution in [2.24, 2.45) is 0 Å². The number of ether oxygens (including phenoxy) is 2. The van der Waals surface area contributed by atoms with E-state index in [-0.39, 0.29) is 18.0 Å². The van der Waals surface area contributed by atoms with Gasteiger partial charge in [0.1, 0.15) is 11.9 Å². The number of alkyl halides is 3. The molecule has 0 spiro atoms. The maximum atomic E-state index is 12.6. The van der Waals surface area contributed by atoms with Gasteiger partial charge in [-0.2, -0.15) is 13.2 Å². The van der Waals surface area contributed by atoms with Crippen molar-refractivity contribution < 1.29 is 27.4 Å². The van der Waals surface area contributed by atoms with Crippen LogP contribution in [-0.2, 0) is 15.7 Å². The van der Waals surface area contributed by atoms with Crippen molar-refractivity contribution in [3.05, 3.63) is 29.8 Å². The van der Waals surface area contributed by atoms with E-state index in [0.29, 0.717) is 6.61 Å². The molecule has 0 aromatic heterocycles. The molecule has 1 fully saturated rings. The molecule has 1 aliphatic carbocycles. The predicted octanol–water partition coefficient (Wildman–Crippen LogP) is 3.22. The molecular weight excluding hydrogens is 273 g/mol. The van der Waals surface area contributed by atoms with Gasteiger partial charge in [-0.05, 0) is 24.6 Å². The molecule has 2 unspecified atom stereocenters. The van der Waals surface area contributed by atoms with Crippen LogP contribution in [0.5, 0.6) is 5.75 Å². The Morgan fingerprint density at radius 3 is 2.70 bits per heavy atom. The summed E-state index contributed by atoms with van der Waals surface area (Å²) in [4.78, 5) is 11.4. The van der Waals surface area contributed by atoms with E-state index in [4.69, 9.17) is 9.47 Å². The molecule has 2 rings (SSSR count). The van der Waals surface area contributed by atoms with Crippen molar-refractivity contribution >= 4 is 5.78 Å². The van der Waals surface area contributed by atoms with E-state index in [0.717, 1.165) is 18.6 Å². The van der Waals surface area contributed by atoms with Crippen LogP contribution in [0.2, 0.25) is 0 Å². The zero-order valence-corrected chi connectivity index (χ0v) is 10.9. The minimum atomic E-state index is -4.41. The number of halogens is 3. The molecule has 0 radical (unpaired) electrons. The summed E-state index contributed by atoms with van der Waals surface area (Å²) in [5, 5.41) is 0. The van der Waals surface area contributed by atoms with Gasteiger partial charge in [-0.1, -0.05) is 13.0 Å². The minimum Gasteiger partial charge on any atom is -0.487 e. The molecule has 1 saturated carbocycles. The summed E-state index contributed by atoms with van der Waals surface area (Å²) in [6.07, 6.45) is -4.64. The van der Waals surface area contributed by atoms with Crippen LogP contribution in [0.25, 0.3) is 0 Å². The molecule has 20 heavy (non-hydrogen) atoms. The van der Waals surface area contributed by atoms with Crippen molar-refractivity contribution in [1.82, 2.24) is 0 Å². The molecule has 0 N–H and O–H groups in total. The highest BCUT2D eigenvalue weighted by Crippen LogP contribution is 2.33. The van der Waals surface area contributed by atoms with Crippen LogP contribution in [0.4, 0.5) is 13.2 Å². The Bertz CT molecular complexity index is 485. The fourth-order valence-corrected chi connectivity index (χ4v) is 1.94. The summed E-state index contributed by atoms with van der Waals surface area (Å²) in [5.41, 5.74) is -0.772. The molecule has 0 heterocycles. The summed E-state index contributed by atoms with van der Waals surface area (Å²) in [6.45, 7) is 2.34. The van der Waals surface area contributed by atoms with Crippen LogP contribution < -0.4 is 4.74 Å². The molecule has 6 heteroatoms. The smallest absolute Gasteiger partial charge is 0.416 e. The molecule has 1 aliphatic rings. The van der Waals surface area contributed by atoms with E-state index in [1.165, 1.54) is 12.1 Å². The minimum absolute atomic E-state index is 0.0737. The number of Topliss-reactive ketones (excluding diaryl/α,β-unsaturated/α-hetero) is 1. The highest BCUT2D eigenvalue weighted by atomic mass is 19.4. The zero-order valence-electron chi connectivity index (χ0n) is 10.9. The van der Waals surface area contributed by atoms with Gasteiger partial charge < -0.3 is 9.47 Å². The Morgan fingerprint density at radius 1 is 1.35 bits per heavy atom. The van der Waals surface area contributed by atoms with Gasteiger partial charge in [-0.15, -0.1) is 0 Å². The lowest BCUT2D eigenvalue weighted by Crippen LogP contribution is -2.52. The number of hydrogen-bond donors (Lipinski definition) is 0. The first kappa shape index (κ1) is 14.8. The van der Waals surface area contributed by atoms with E-state index >= 15 is 0 Å². The van der Waals surface area contributed by atoms with E-state index in [2.05, 4.69) is 0 Å². The van der Waals surface area contributed by atoms with Gasteiger partial charge in [-0.25, -0.2) is 0 Å². The Balaban J connectivity index is 2.02. The lowest BCUT2D eigenvalue weighted by atomic mass is 9.90. The third-order valence-corrected chi connectivity index (χ3v) is 3.01. The Kier molecular flexibility index (Phi) is 4.32. The van der Waals surface area contributed by atoms with Crippen molar-refractivity contribution in [2.75, 3.05) is 6.61 Å². The van der Waals surface area contributed by atoms with Crippen LogP contribution in [0, 0.1) is 0 Å². The Hall–Kier alpha value is -1.56. The van der Waals surface area contributed by atoms with Crippen LogP contribution in [0.3, 0.4) is 0 Å². The molecule has 3 nitrogen and oxygen atoms in total.